The molecule has 4 aromatic rings. The second-order valence-electron chi connectivity index (χ2n) is 8.61. The van der Waals surface area contributed by atoms with Crippen LogP contribution in [0.3, 0.4) is 0 Å². The summed E-state index contributed by atoms with van der Waals surface area (Å²) < 4.78 is 11.5. The van der Waals surface area contributed by atoms with Crippen molar-refractivity contribution in [3.8, 4) is 28.7 Å². The third kappa shape index (κ3) is 5.34. The Labute approximate surface area is 199 Å². The molecule has 3 aromatic carbocycles. The van der Waals surface area contributed by atoms with E-state index in [-0.39, 0.29) is 12.5 Å². The van der Waals surface area contributed by atoms with Crippen molar-refractivity contribution in [3.05, 3.63) is 90.5 Å². The van der Waals surface area contributed by atoms with Crippen LogP contribution in [0.25, 0.3) is 22.9 Å². The van der Waals surface area contributed by atoms with Gasteiger partial charge in [0.1, 0.15) is 5.75 Å². The second-order valence-corrected chi connectivity index (χ2v) is 8.61. The minimum atomic E-state index is 0.0339. The fraction of sp³-hybridized carbons (Fsp3) is 0.250. The topological polar surface area (TPSA) is 68.5 Å². The van der Waals surface area contributed by atoms with Gasteiger partial charge >= 0.3 is 0 Å². The van der Waals surface area contributed by atoms with Gasteiger partial charge in [0.05, 0.1) is 0 Å². The summed E-state index contributed by atoms with van der Waals surface area (Å²) in [6, 6.07) is 27.6. The molecule has 172 valence electrons. The third-order valence-corrected chi connectivity index (χ3v) is 6.24. The van der Waals surface area contributed by atoms with Crippen molar-refractivity contribution < 1.29 is 13.9 Å². The van der Waals surface area contributed by atoms with Gasteiger partial charge in [-0.2, -0.15) is 0 Å². The number of ether oxygens (including phenoxy) is 1. The molecule has 0 N–H and O–H groups in total. The van der Waals surface area contributed by atoms with E-state index < -0.39 is 0 Å². The molecule has 1 amide bonds. The summed E-state index contributed by atoms with van der Waals surface area (Å²) >= 11 is 0. The van der Waals surface area contributed by atoms with Gasteiger partial charge in [-0.1, -0.05) is 48.5 Å². The molecule has 0 aliphatic carbocycles. The van der Waals surface area contributed by atoms with Crippen LogP contribution in [0.1, 0.15) is 18.4 Å². The zero-order chi connectivity index (χ0) is 23.2. The van der Waals surface area contributed by atoms with Crippen molar-refractivity contribution in [2.24, 2.45) is 5.92 Å². The molecule has 6 heteroatoms. The number of carbonyl (C=O) groups is 1. The number of benzene rings is 3. The van der Waals surface area contributed by atoms with Gasteiger partial charge in [0.2, 0.25) is 11.8 Å². The second kappa shape index (κ2) is 10.3. The van der Waals surface area contributed by atoms with E-state index in [4.69, 9.17) is 9.15 Å². The van der Waals surface area contributed by atoms with Crippen LogP contribution < -0.4 is 4.74 Å². The lowest BCUT2D eigenvalue weighted by Gasteiger charge is -2.32. The first kappa shape index (κ1) is 21.9. The summed E-state index contributed by atoms with van der Waals surface area (Å²) in [6.45, 7) is 1.63. The Bertz CT molecular complexity index is 1200. The Kier molecular flexibility index (Phi) is 6.66. The maximum atomic E-state index is 12.6. The van der Waals surface area contributed by atoms with Crippen molar-refractivity contribution in [1.82, 2.24) is 15.1 Å². The van der Waals surface area contributed by atoms with Crippen LogP contribution in [-0.2, 0) is 11.2 Å². The molecule has 2 heterocycles. The summed E-state index contributed by atoms with van der Waals surface area (Å²) in [5.41, 5.74) is 3.05. The molecule has 0 spiro atoms. The van der Waals surface area contributed by atoms with Gasteiger partial charge in [0.15, 0.2) is 6.61 Å². The minimum absolute atomic E-state index is 0.0339. The molecule has 1 aliphatic heterocycles. The van der Waals surface area contributed by atoms with E-state index in [9.17, 15) is 4.79 Å². The Morgan fingerprint density at radius 2 is 1.41 bits per heavy atom. The van der Waals surface area contributed by atoms with Gasteiger partial charge in [-0.15, -0.1) is 10.2 Å². The Hall–Kier alpha value is -3.93. The van der Waals surface area contributed by atoms with Crippen molar-refractivity contribution in [3.63, 3.8) is 0 Å². The highest BCUT2D eigenvalue weighted by Gasteiger charge is 2.23. The molecule has 0 atom stereocenters. The highest BCUT2D eigenvalue weighted by Crippen LogP contribution is 2.26. The predicted molar refractivity (Wildman–Crippen MR) is 130 cm³/mol. The Morgan fingerprint density at radius 1 is 0.824 bits per heavy atom. The Balaban J connectivity index is 1.10. The molecule has 1 aromatic heterocycles. The number of likely N-dealkylation sites (tertiary alicyclic amines) is 1. The number of nitrogens with zero attached hydrogens (tertiary/aromatic N) is 3. The van der Waals surface area contributed by atoms with Gasteiger partial charge < -0.3 is 14.1 Å². The molecule has 0 bridgehead atoms. The highest BCUT2D eigenvalue weighted by atomic mass is 16.5. The molecule has 34 heavy (non-hydrogen) atoms. The van der Waals surface area contributed by atoms with E-state index in [1.54, 1.807) is 0 Å². The average molecular weight is 454 g/mol. The van der Waals surface area contributed by atoms with E-state index in [2.05, 4.69) is 34.5 Å². The largest absolute Gasteiger partial charge is 0.484 e. The first-order valence-corrected chi connectivity index (χ1v) is 11.7. The van der Waals surface area contributed by atoms with Crippen molar-refractivity contribution in [2.45, 2.75) is 19.3 Å². The summed E-state index contributed by atoms with van der Waals surface area (Å²) in [6.07, 6.45) is 3.15. The molecular weight excluding hydrogens is 426 g/mol. The molecule has 6 nitrogen and oxygen atoms in total. The summed E-state index contributed by atoms with van der Waals surface area (Å²) in [4.78, 5) is 14.5. The third-order valence-electron chi connectivity index (χ3n) is 6.24. The fourth-order valence-corrected chi connectivity index (χ4v) is 4.30. The zero-order valence-electron chi connectivity index (χ0n) is 19.0. The quantitative estimate of drug-likeness (QED) is 0.382. The summed E-state index contributed by atoms with van der Waals surface area (Å²) in [5, 5.41) is 8.27. The van der Waals surface area contributed by atoms with Crippen molar-refractivity contribution >= 4 is 5.91 Å². The molecule has 0 unspecified atom stereocenters. The number of aromatic nitrogens is 2. The monoisotopic (exact) mass is 453 g/mol. The normalized spacial score (nSPS) is 14.2. The maximum absolute atomic E-state index is 12.6. The summed E-state index contributed by atoms with van der Waals surface area (Å²) in [5.74, 6) is 2.23. The van der Waals surface area contributed by atoms with Crippen LogP contribution in [0.15, 0.2) is 89.3 Å². The van der Waals surface area contributed by atoms with Crippen LogP contribution in [0.2, 0.25) is 0 Å². The number of hydrogen-bond donors (Lipinski definition) is 0. The molecule has 0 radical (unpaired) electrons. The van der Waals surface area contributed by atoms with Gasteiger partial charge in [0.25, 0.3) is 5.91 Å². The van der Waals surface area contributed by atoms with Gasteiger partial charge in [-0.25, -0.2) is 0 Å². The van der Waals surface area contributed by atoms with Crippen LogP contribution in [0, 0.1) is 5.92 Å². The van der Waals surface area contributed by atoms with Crippen LogP contribution in [0.5, 0.6) is 5.75 Å². The molecule has 0 saturated carbocycles. The van der Waals surface area contributed by atoms with Crippen LogP contribution in [0.4, 0.5) is 0 Å². The van der Waals surface area contributed by atoms with Crippen LogP contribution in [-0.4, -0.2) is 40.7 Å². The van der Waals surface area contributed by atoms with E-state index in [1.165, 1.54) is 5.56 Å². The molecule has 1 fully saturated rings. The van der Waals surface area contributed by atoms with E-state index in [1.807, 2.05) is 65.6 Å². The maximum Gasteiger partial charge on any atom is 0.260 e. The number of piperidine rings is 1. The lowest BCUT2D eigenvalue weighted by molar-refractivity contribution is -0.134. The standard InChI is InChI=1S/C28H27N3O3/c32-26(31-17-15-22(16-18-31)19-21-7-3-1-4-8-21)20-33-25-13-11-24(12-14-25)28-30-29-27(34-28)23-9-5-2-6-10-23/h1-14,22H,15-20H2. The molecule has 1 saturated heterocycles. The van der Waals surface area contributed by atoms with Crippen molar-refractivity contribution in [2.75, 3.05) is 19.7 Å². The molecule has 1 aliphatic rings. The lowest BCUT2D eigenvalue weighted by atomic mass is 9.90. The Morgan fingerprint density at radius 3 is 2.06 bits per heavy atom. The fourth-order valence-electron chi connectivity index (χ4n) is 4.30. The van der Waals surface area contributed by atoms with Gasteiger partial charge in [0, 0.05) is 24.2 Å². The number of rotatable bonds is 7. The smallest absolute Gasteiger partial charge is 0.260 e. The first-order valence-electron chi connectivity index (χ1n) is 11.7. The van der Waals surface area contributed by atoms with E-state index in [0.29, 0.717) is 23.4 Å². The summed E-state index contributed by atoms with van der Waals surface area (Å²) in [7, 11) is 0. The minimum Gasteiger partial charge on any atom is -0.484 e. The average Bonchev–Trinajstić information content (AvgIpc) is 3.40. The highest BCUT2D eigenvalue weighted by molar-refractivity contribution is 5.77. The van der Waals surface area contributed by atoms with E-state index in [0.717, 1.165) is 43.5 Å². The number of hydrogen-bond acceptors (Lipinski definition) is 5. The number of amides is 1. The lowest BCUT2D eigenvalue weighted by Crippen LogP contribution is -2.41. The first-order chi connectivity index (χ1) is 16.7. The molecule has 5 rings (SSSR count). The van der Waals surface area contributed by atoms with Crippen molar-refractivity contribution in [1.29, 1.82) is 0 Å². The molecular formula is C28H27N3O3. The SMILES string of the molecule is O=C(COc1ccc(-c2nnc(-c3ccccc3)o2)cc1)N1CCC(Cc2ccccc2)CC1. The number of carbonyl (C=O) groups excluding carboxylic acids is 1. The zero-order valence-corrected chi connectivity index (χ0v) is 19.0. The van der Waals surface area contributed by atoms with E-state index >= 15 is 0 Å². The van der Waals surface area contributed by atoms with Crippen LogP contribution >= 0.6 is 0 Å². The van der Waals surface area contributed by atoms with Gasteiger partial charge in [-0.3, -0.25) is 4.79 Å². The van der Waals surface area contributed by atoms with Gasteiger partial charge in [-0.05, 0) is 67.1 Å². The predicted octanol–water partition coefficient (Wildman–Crippen LogP) is 5.26.